The van der Waals surface area contributed by atoms with Crippen molar-refractivity contribution in [1.29, 1.82) is 0 Å². The van der Waals surface area contributed by atoms with Crippen molar-refractivity contribution in [3.05, 3.63) is 42.2 Å². The molecule has 0 saturated heterocycles. The van der Waals surface area contributed by atoms with Gasteiger partial charge < -0.3 is 20.5 Å². The molecular formula is C14H15N3O3. The number of rotatable bonds is 4. The maximum atomic E-state index is 12.0. The lowest BCUT2D eigenvalue weighted by Gasteiger charge is -2.11. The van der Waals surface area contributed by atoms with Gasteiger partial charge in [0.1, 0.15) is 17.2 Å². The molecule has 0 saturated carbocycles. The van der Waals surface area contributed by atoms with E-state index in [4.69, 9.17) is 15.2 Å². The smallest absolute Gasteiger partial charge is 0.274 e. The monoisotopic (exact) mass is 273 g/mol. The number of anilines is 2. The standard InChI is InChI=1S/C14H15N3O3/c1-19-10-4-6-11(13(7-10)20-2)17-14(18)12-5-3-9(15)8-16-12/h3-8H,15H2,1-2H3,(H,17,18). The number of hydrogen-bond acceptors (Lipinski definition) is 5. The first kappa shape index (κ1) is 13.7. The van der Waals surface area contributed by atoms with Gasteiger partial charge in [0, 0.05) is 6.07 Å². The predicted octanol–water partition coefficient (Wildman–Crippen LogP) is 1.93. The Hall–Kier alpha value is -2.76. The topological polar surface area (TPSA) is 86.5 Å². The summed E-state index contributed by atoms with van der Waals surface area (Å²) in [6.07, 6.45) is 1.43. The Balaban J connectivity index is 2.21. The second-order valence-electron chi connectivity index (χ2n) is 4.00. The van der Waals surface area contributed by atoms with Gasteiger partial charge in [0.05, 0.1) is 31.8 Å². The Labute approximate surface area is 116 Å². The lowest BCUT2D eigenvalue weighted by atomic mass is 10.2. The molecule has 104 valence electrons. The van der Waals surface area contributed by atoms with Crippen molar-refractivity contribution in [2.75, 3.05) is 25.3 Å². The first-order valence-corrected chi connectivity index (χ1v) is 5.89. The van der Waals surface area contributed by atoms with Gasteiger partial charge in [-0.2, -0.15) is 0 Å². The van der Waals surface area contributed by atoms with Crippen molar-refractivity contribution in [3.63, 3.8) is 0 Å². The van der Waals surface area contributed by atoms with Gasteiger partial charge in [0.25, 0.3) is 5.91 Å². The van der Waals surface area contributed by atoms with Crippen LogP contribution >= 0.6 is 0 Å². The van der Waals surface area contributed by atoms with Gasteiger partial charge in [0.2, 0.25) is 0 Å². The molecule has 6 nitrogen and oxygen atoms in total. The number of benzene rings is 1. The molecule has 0 aliphatic rings. The third-order valence-electron chi connectivity index (χ3n) is 2.68. The zero-order chi connectivity index (χ0) is 14.5. The minimum Gasteiger partial charge on any atom is -0.497 e. The summed E-state index contributed by atoms with van der Waals surface area (Å²) < 4.78 is 10.3. The van der Waals surface area contributed by atoms with Crippen LogP contribution in [0.4, 0.5) is 11.4 Å². The van der Waals surface area contributed by atoms with Crippen molar-refractivity contribution in [2.45, 2.75) is 0 Å². The summed E-state index contributed by atoms with van der Waals surface area (Å²) in [4.78, 5) is 16.0. The van der Waals surface area contributed by atoms with E-state index < -0.39 is 0 Å². The number of ether oxygens (including phenoxy) is 2. The van der Waals surface area contributed by atoms with Crippen LogP contribution in [0.25, 0.3) is 0 Å². The molecule has 0 radical (unpaired) electrons. The minimum atomic E-state index is -0.339. The number of nitrogens with two attached hydrogens (primary N) is 1. The third-order valence-corrected chi connectivity index (χ3v) is 2.68. The summed E-state index contributed by atoms with van der Waals surface area (Å²) in [5.74, 6) is 0.812. The third kappa shape index (κ3) is 2.97. The van der Waals surface area contributed by atoms with E-state index >= 15 is 0 Å². The molecule has 1 aromatic heterocycles. The van der Waals surface area contributed by atoms with Gasteiger partial charge in [-0.3, -0.25) is 4.79 Å². The zero-order valence-electron chi connectivity index (χ0n) is 11.2. The molecular weight excluding hydrogens is 258 g/mol. The normalized spacial score (nSPS) is 9.90. The first-order chi connectivity index (χ1) is 9.63. The molecule has 0 atom stereocenters. The molecule has 0 spiro atoms. The molecule has 0 fully saturated rings. The summed E-state index contributed by atoms with van der Waals surface area (Å²) in [5.41, 5.74) is 6.85. The average Bonchev–Trinajstić information content (AvgIpc) is 2.48. The molecule has 1 aromatic carbocycles. The fourth-order valence-corrected chi connectivity index (χ4v) is 1.63. The van der Waals surface area contributed by atoms with Crippen LogP contribution in [0.2, 0.25) is 0 Å². The highest BCUT2D eigenvalue weighted by Crippen LogP contribution is 2.29. The molecule has 0 bridgehead atoms. The second kappa shape index (κ2) is 5.92. The van der Waals surface area contributed by atoms with Crippen LogP contribution in [0.5, 0.6) is 11.5 Å². The number of nitrogen functional groups attached to an aromatic ring is 1. The predicted molar refractivity (Wildman–Crippen MR) is 76.1 cm³/mol. The molecule has 1 amide bonds. The van der Waals surface area contributed by atoms with E-state index in [1.165, 1.54) is 13.3 Å². The maximum Gasteiger partial charge on any atom is 0.274 e. The molecule has 0 aliphatic carbocycles. The van der Waals surface area contributed by atoms with E-state index in [0.29, 0.717) is 22.9 Å². The Morgan fingerprint density at radius 3 is 2.60 bits per heavy atom. The highest BCUT2D eigenvalue weighted by Gasteiger charge is 2.11. The Morgan fingerprint density at radius 2 is 2.00 bits per heavy atom. The molecule has 1 heterocycles. The van der Waals surface area contributed by atoms with Gasteiger partial charge in [-0.05, 0) is 24.3 Å². The summed E-state index contributed by atoms with van der Waals surface area (Å²) in [6.45, 7) is 0. The number of nitrogens with zero attached hydrogens (tertiary/aromatic N) is 1. The van der Waals surface area contributed by atoms with Crippen LogP contribution in [0.1, 0.15) is 10.5 Å². The minimum absolute atomic E-state index is 0.275. The van der Waals surface area contributed by atoms with Gasteiger partial charge in [-0.25, -0.2) is 4.98 Å². The fourth-order valence-electron chi connectivity index (χ4n) is 1.63. The van der Waals surface area contributed by atoms with Crippen molar-refractivity contribution in [3.8, 4) is 11.5 Å². The number of aromatic nitrogens is 1. The van der Waals surface area contributed by atoms with E-state index in [1.54, 1.807) is 37.4 Å². The highest BCUT2D eigenvalue weighted by molar-refractivity contribution is 6.03. The molecule has 0 aliphatic heterocycles. The van der Waals surface area contributed by atoms with E-state index in [9.17, 15) is 4.79 Å². The van der Waals surface area contributed by atoms with E-state index in [1.807, 2.05) is 0 Å². The number of carbonyl (C=O) groups excluding carboxylic acids is 1. The van der Waals surface area contributed by atoms with Crippen molar-refractivity contribution in [2.24, 2.45) is 0 Å². The van der Waals surface area contributed by atoms with Crippen LogP contribution in [0, 0.1) is 0 Å². The summed E-state index contributed by atoms with van der Waals surface area (Å²) in [6, 6.07) is 8.29. The molecule has 3 N–H and O–H groups in total. The van der Waals surface area contributed by atoms with Crippen molar-refractivity contribution in [1.82, 2.24) is 4.98 Å². The Morgan fingerprint density at radius 1 is 1.20 bits per heavy atom. The average molecular weight is 273 g/mol. The lowest BCUT2D eigenvalue weighted by Crippen LogP contribution is -2.14. The zero-order valence-corrected chi connectivity index (χ0v) is 11.2. The van der Waals surface area contributed by atoms with Crippen LogP contribution in [-0.2, 0) is 0 Å². The largest absolute Gasteiger partial charge is 0.497 e. The maximum absolute atomic E-state index is 12.0. The molecule has 0 unspecified atom stereocenters. The van der Waals surface area contributed by atoms with E-state index in [0.717, 1.165) is 0 Å². The number of carbonyl (C=O) groups is 1. The lowest BCUT2D eigenvalue weighted by molar-refractivity contribution is 0.102. The van der Waals surface area contributed by atoms with Gasteiger partial charge in [-0.1, -0.05) is 0 Å². The fraction of sp³-hybridized carbons (Fsp3) is 0.143. The number of amides is 1. The number of hydrogen-bond donors (Lipinski definition) is 2. The highest BCUT2D eigenvalue weighted by atomic mass is 16.5. The molecule has 2 rings (SSSR count). The van der Waals surface area contributed by atoms with Crippen LogP contribution in [0.3, 0.4) is 0 Å². The van der Waals surface area contributed by atoms with Crippen molar-refractivity contribution < 1.29 is 14.3 Å². The Kier molecular flexibility index (Phi) is 4.05. The number of pyridine rings is 1. The van der Waals surface area contributed by atoms with Gasteiger partial charge in [-0.15, -0.1) is 0 Å². The van der Waals surface area contributed by atoms with Crippen LogP contribution in [0.15, 0.2) is 36.5 Å². The summed E-state index contributed by atoms with van der Waals surface area (Å²) in [7, 11) is 3.08. The SMILES string of the molecule is COc1ccc(NC(=O)c2ccc(N)cn2)c(OC)c1. The number of methoxy groups -OCH3 is 2. The molecule has 6 heteroatoms. The second-order valence-corrected chi connectivity index (χ2v) is 4.00. The quantitative estimate of drug-likeness (QED) is 0.889. The van der Waals surface area contributed by atoms with Crippen LogP contribution < -0.4 is 20.5 Å². The van der Waals surface area contributed by atoms with Gasteiger partial charge >= 0.3 is 0 Å². The summed E-state index contributed by atoms with van der Waals surface area (Å²) >= 11 is 0. The van der Waals surface area contributed by atoms with E-state index in [2.05, 4.69) is 10.3 Å². The number of nitrogens with one attached hydrogen (secondary N) is 1. The van der Waals surface area contributed by atoms with Gasteiger partial charge in [0.15, 0.2) is 0 Å². The Bertz CT molecular complexity index is 612. The van der Waals surface area contributed by atoms with Crippen molar-refractivity contribution >= 4 is 17.3 Å². The van der Waals surface area contributed by atoms with E-state index in [-0.39, 0.29) is 11.6 Å². The summed E-state index contributed by atoms with van der Waals surface area (Å²) in [5, 5.41) is 2.73. The molecule has 20 heavy (non-hydrogen) atoms. The van der Waals surface area contributed by atoms with Crippen LogP contribution in [-0.4, -0.2) is 25.1 Å². The first-order valence-electron chi connectivity index (χ1n) is 5.89. The molecule has 2 aromatic rings.